The Kier molecular flexibility index (Phi) is 3.53. The van der Waals surface area contributed by atoms with Crippen LogP contribution in [0.15, 0.2) is 42.5 Å². The number of nitrogens with one attached hydrogen (secondary N) is 2. The third-order valence-electron chi connectivity index (χ3n) is 3.05. The third kappa shape index (κ3) is 2.93. The summed E-state index contributed by atoms with van der Waals surface area (Å²) in [4.78, 5) is 22.9. The average molecular weight is 299 g/mol. The van der Waals surface area contributed by atoms with Gasteiger partial charge in [0.25, 0.3) is 5.91 Å². The fraction of sp³-hybridized carbons (Fsp3) is 0.0667. The Morgan fingerprint density at radius 3 is 2.32 bits per heavy atom. The number of fused-ring (bicyclic) bond motifs is 1. The molecule has 0 aliphatic carbocycles. The first-order valence-electron chi connectivity index (χ1n) is 6.49. The Morgan fingerprint density at radius 1 is 0.909 bits per heavy atom. The third-order valence-corrected chi connectivity index (χ3v) is 3.05. The lowest BCUT2D eigenvalue weighted by molar-refractivity contribution is 0.102. The van der Waals surface area contributed by atoms with Crippen LogP contribution in [-0.2, 0) is 0 Å². The van der Waals surface area contributed by atoms with Crippen molar-refractivity contribution in [3.05, 3.63) is 48.0 Å². The number of hydrogen-bond acceptors (Lipinski definition) is 4. The quantitative estimate of drug-likeness (QED) is 0.808. The van der Waals surface area contributed by atoms with Crippen molar-refractivity contribution in [3.63, 3.8) is 0 Å². The fourth-order valence-electron chi connectivity index (χ4n) is 2.02. The standard InChI is InChI=1S/C15H13N3O4/c16-15(20)18-10-3-1-9(2-4-10)14(19)17-11-5-6-12-13(7-11)22-8-21-12/h1-7H,8H2,(H,17,19)(H3,16,18,20). The van der Waals surface area contributed by atoms with Gasteiger partial charge in [0.1, 0.15) is 0 Å². The molecule has 2 aromatic rings. The van der Waals surface area contributed by atoms with E-state index < -0.39 is 6.03 Å². The largest absolute Gasteiger partial charge is 0.454 e. The van der Waals surface area contributed by atoms with E-state index in [2.05, 4.69) is 10.6 Å². The predicted octanol–water partition coefficient (Wildman–Crippen LogP) is 2.16. The number of carbonyl (C=O) groups is 2. The average Bonchev–Trinajstić information content (AvgIpc) is 2.95. The van der Waals surface area contributed by atoms with Crippen molar-refractivity contribution in [2.45, 2.75) is 0 Å². The van der Waals surface area contributed by atoms with Crippen molar-refractivity contribution in [2.24, 2.45) is 5.73 Å². The molecule has 112 valence electrons. The molecule has 1 aliphatic heterocycles. The fourth-order valence-corrected chi connectivity index (χ4v) is 2.02. The summed E-state index contributed by atoms with van der Waals surface area (Å²) in [6.45, 7) is 0.182. The molecule has 7 heteroatoms. The van der Waals surface area contributed by atoms with E-state index in [0.29, 0.717) is 28.4 Å². The summed E-state index contributed by atoms with van der Waals surface area (Å²) in [7, 11) is 0. The first-order valence-corrected chi connectivity index (χ1v) is 6.49. The molecular formula is C15H13N3O4. The number of benzene rings is 2. The maximum Gasteiger partial charge on any atom is 0.316 e. The first kappa shape index (κ1) is 13.7. The summed E-state index contributed by atoms with van der Waals surface area (Å²) >= 11 is 0. The highest BCUT2D eigenvalue weighted by Gasteiger charge is 2.14. The summed E-state index contributed by atoms with van der Waals surface area (Å²) in [5, 5.41) is 5.19. The summed E-state index contributed by atoms with van der Waals surface area (Å²) in [6, 6.07) is 10.9. The van der Waals surface area contributed by atoms with Gasteiger partial charge >= 0.3 is 6.03 Å². The molecule has 0 unspecified atom stereocenters. The van der Waals surface area contributed by atoms with Gasteiger partial charge in [0.2, 0.25) is 6.79 Å². The van der Waals surface area contributed by atoms with Gasteiger partial charge in [0, 0.05) is 23.0 Å². The Balaban J connectivity index is 1.70. The second kappa shape index (κ2) is 5.65. The smallest absolute Gasteiger partial charge is 0.316 e. The molecule has 0 fully saturated rings. The Labute approximate surface area is 126 Å². The molecular weight excluding hydrogens is 286 g/mol. The molecule has 0 spiro atoms. The summed E-state index contributed by atoms with van der Waals surface area (Å²) in [5.74, 6) is 0.975. The molecule has 1 aliphatic rings. The minimum absolute atomic E-state index is 0.182. The molecule has 0 bridgehead atoms. The highest BCUT2D eigenvalue weighted by Crippen LogP contribution is 2.34. The van der Waals surface area contributed by atoms with Crippen LogP contribution in [0.2, 0.25) is 0 Å². The molecule has 0 aromatic heterocycles. The van der Waals surface area contributed by atoms with Gasteiger partial charge < -0.3 is 25.8 Å². The van der Waals surface area contributed by atoms with Crippen LogP contribution in [-0.4, -0.2) is 18.7 Å². The molecule has 7 nitrogen and oxygen atoms in total. The molecule has 4 N–H and O–H groups in total. The monoisotopic (exact) mass is 299 g/mol. The number of hydrogen-bond donors (Lipinski definition) is 3. The van der Waals surface area contributed by atoms with Gasteiger partial charge in [-0.25, -0.2) is 4.79 Å². The van der Waals surface area contributed by atoms with Gasteiger partial charge in [-0.05, 0) is 36.4 Å². The van der Waals surface area contributed by atoms with Crippen LogP contribution < -0.4 is 25.8 Å². The van der Waals surface area contributed by atoms with Crippen LogP contribution in [0.1, 0.15) is 10.4 Å². The second-order valence-corrected chi connectivity index (χ2v) is 4.59. The van der Waals surface area contributed by atoms with E-state index in [1.165, 1.54) is 0 Å². The van der Waals surface area contributed by atoms with Gasteiger partial charge in [-0.3, -0.25) is 4.79 Å². The number of rotatable bonds is 3. The number of nitrogens with two attached hydrogens (primary N) is 1. The highest BCUT2D eigenvalue weighted by atomic mass is 16.7. The molecule has 0 saturated heterocycles. The zero-order chi connectivity index (χ0) is 15.5. The lowest BCUT2D eigenvalue weighted by Crippen LogP contribution is -2.19. The van der Waals surface area contributed by atoms with E-state index in [-0.39, 0.29) is 12.7 Å². The van der Waals surface area contributed by atoms with Crippen LogP contribution in [0.4, 0.5) is 16.2 Å². The Bertz CT molecular complexity index is 728. The molecule has 1 heterocycles. The van der Waals surface area contributed by atoms with E-state index in [1.54, 1.807) is 42.5 Å². The normalized spacial score (nSPS) is 11.8. The zero-order valence-electron chi connectivity index (χ0n) is 11.5. The number of carbonyl (C=O) groups excluding carboxylic acids is 2. The van der Waals surface area contributed by atoms with Gasteiger partial charge in [-0.1, -0.05) is 0 Å². The maximum absolute atomic E-state index is 12.2. The van der Waals surface area contributed by atoms with E-state index >= 15 is 0 Å². The van der Waals surface area contributed by atoms with Gasteiger partial charge in [0.15, 0.2) is 11.5 Å². The second-order valence-electron chi connectivity index (χ2n) is 4.59. The SMILES string of the molecule is NC(=O)Nc1ccc(C(=O)Nc2ccc3c(c2)OCO3)cc1. The summed E-state index contributed by atoms with van der Waals surface area (Å²) in [5.41, 5.74) is 6.59. The number of ether oxygens (including phenoxy) is 2. The van der Waals surface area contributed by atoms with E-state index in [9.17, 15) is 9.59 Å². The van der Waals surface area contributed by atoms with Crippen molar-refractivity contribution in [3.8, 4) is 11.5 Å². The van der Waals surface area contributed by atoms with Crippen LogP contribution in [0.5, 0.6) is 11.5 Å². The molecule has 0 radical (unpaired) electrons. The minimum Gasteiger partial charge on any atom is -0.454 e. The topological polar surface area (TPSA) is 103 Å². The highest BCUT2D eigenvalue weighted by molar-refractivity contribution is 6.04. The lowest BCUT2D eigenvalue weighted by Gasteiger charge is -2.07. The molecule has 3 amide bonds. The van der Waals surface area contributed by atoms with Crippen LogP contribution in [0.25, 0.3) is 0 Å². The maximum atomic E-state index is 12.2. The molecule has 2 aromatic carbocycles. The van der Waals surface area contributed by atoms with Crippen LogP contribution in [0.3, 0.4) is 0 Å². The number of amides is 3. The molecule has 22 heavy (non-hydrogen) atoms. The molecule has 3 rings (SSSR count). The first-order chi connectivity index (χ1) is 10.6. The van der Waals surface area contributed by atoms with Crippen molar-refractivity contribution >= 4 is 23.3 Å². The molecule has 0 saturated carbocycles. The van der Waals surface area contributed by atoms with E-state index in [1.807, 2.05) is 0 Å². The van der Waals surface area contributed by atoms with E-state index in [0.717, 1.165) is 0 Å². The predicted molar refractivity (Wildman–Crippen MR) is 80.2 cm³/mol. The Hall–Kier alpha value is -3.22. The van der Waals surface area contributed by atoms with Gasteiger partial charge in [-0.2, -0.15) is 0 Å². The van der Waals surface area contributed by atoms with Crippen molar-refractivity contribution < 1.29 is 19.1 Å². The zero-order valence-corrected chi connectivity index (χ0v) is 11.5. The summed E-state index contributed by atoms with van der Waals surface area (Å²) < 4.78 is 10.5. The van der Waals surface area contributed by atoms with Crippen LogP contribution >= 0.6 is 0 Å². The molecule has 0 atom stereocenters. The Morgan fingerprint density at radius 2 is 1.59 bits per heavy atom. The number of urea groups is 1. The van der Waals surface area contributed by atoms with Gasteiger partial charge in [-0.15, -0.1) is 0 Å². The number of primary amides is 1. The minimum atomic E-state index is -0.655. The lowest BCUT2D eigenvalue weighted by atomic mass is 10.2. The van der Waals surface area contributed by atoms with Gasteiger partial charge in [0.05, 0.1) is 0 Å². The number of anilines is 2. The summed E-state index contributed by atoms with van der Waals surface area (Å²) in [6.07, 6.45) is 0. The van der Waals surface area contributed by atoms with Crippen LogP contribution in [0, 0.1) is 0 Å². The van der Waals surface area contributed by atoms with E-state index in [4.69, 9.17) is 15.2 Å². The van der Waals surface area contributed by atoms with Crippen molar-refractivity contribution in [2.75, 3.05) is 17.4 Å². The van der Waals surface area contributed by atoms with Crippen molar-refractivity contribution in [1.82, 2.24) is 0 Å². The van der Waals surface area contributed by atoms with Crippen molar-refractivity contribution in [1.29, 1.82) is 0 Å².